The standard InChI is InChI=1S/C11H7ClF4N2/c12-5-7-6-17-18(10(7)11(14,15)16)9-3-1-8(13)2-4-9/h1-4,6H,5H2. The van der Waals surface area contributed by atoms with Crippen molar-refractivity contribution < 1.29 is 17.6 Å². The second-order valence-electron chi connectivity index (χ2n) is 3.54. The Morgan fingerprint density at radius 1 is 1.17 bits per heavy atom. The normalized spacial score (nSPS) is 11.8. The highest BCUT2D eigenvalue weighted by atomic mass is 35.5. The van der Waals surface area contributed by atoms with Gasteiger partial charge in [0.05, 0.1) is 17.8 Å². The van der Waals surface area contributed by atoms with Crippen LogP contribution in [-0.2, 0) is 12.1 Å². The summed E-state index contributed by atoms with van der Waals surface area (Å²) >= 11 is 5.45. The molecule has 0 saturated carbocycles. The van der Waals surface area contributed by atoms with Gasteiger partial charge in [-0.05, 0) is 24.3 Å². The summed E-state index contributed by atoms with van der Waals surface area (Å²) in [4.78, 5) is 0. The van der Waals surface area contributed by atoms with Crippen LogP contribution in [0.1, 0.15) is 11.3 Å². The third-order valence-electron chi connectivity index (χ3n) is 2.33. The number of aromatic nitrogens is 2. The van der Waals surface area contributed by atoms with E-state index in [1.807, 2.05) is 0 Å². The summed E-state index contributed by atoms with van der Waals surface area (Å²) in [6, 6.07) is 4.57. The molecule has 96 valence electrons. The van der Waals surface area contributed by atoms with Crippen molar-refractivity contribution in [3.05, 3.63) is 47.5 Å². The maximum Gasteiger partial charge on any atom is 0.433 e. The van der Waals surface area contributed by atoms with Gasteiger partial charge in [-0.3, -0.25) is 0 Å². The van der Waals surface area contributed by atoms with Crippen LogP contribution in [0.2, 0.25) is 0 Å². The van der Waals surface area contributed by atoms with Crippen LogP contribution in [0.3, 0.4) is 0 Å². The third-order valence-corrected chi connectivity index (χ3v) is 2.62. The molecule has 0 fully saturated rings. The van der Waals surface area contributed by atoms with E-state index in [4.69, 9.17) is 11.6 Å². The molecule has 0 radical (unpaired) electrons. The van der Waals surface area contributed by atoms with Crippen LogP contribution in [0.4, 0.5) is 17.6 Å². The minimum absolute atomic E-state index is 0.117. The number of benzene rings is 1. The molecule has 0 N–H and O–H groups in total. The first-order valence-corrected chi connectivity index (χ1v) is 5.43. The summed E-state index contributed by atoms with van der Waals surface area (Å²) in [6.45, 7) is 0. The molecule has 0 amide bonds. The van der Waals surface area contributed by atoms with E-state index in [1.165, 1.54) is 12.1 Å². The van der Waals surface area contributed by atoms with Crippen LogP contribution in [0.5, 0.6) is 0 Å². The highest BCUT2D eigenvalue weighted by Gasteiger charge is 2.38. The van der Waals surface area contributed by atoms with Gasteiger partial charge in [-0.2, -0.15) is 18.3 Å². The molecular weight excluding hydrogens is 272 g/mol. The maximum atomic E-state index is 12.9. The molecule has 0 bridgehead atoms. The molecule has 1 aromatic heterocycles. The summed E-state index contributed by atoms with van der Waals surface area (Å²) in [5, 5.41) is 3.64. The fourth-order valence-corrected chi connectivity index (χ4v) is 1.76. The van der Waals surface area contributed by atoms with E-state index in [-0.39, 0.29) is 17.1 Å². The van der Waals surface area contributed by atoms with Gasteiger partial charge < -0.3 is 0 Å². The Bertz CT molecular complexity index is 545. The van der Waals surface area contributed by atoms with Crippen LogP contribution in [0.25, 0.3) is 5.69 Å². The zero-order valence-electron chi connectivity index (χ0n) is 8.88. The van der Waals surface area contributed by atoms with E-state index in [0.29, 0.717) is 4.68 Å². The lowest BCUT2D eigenvalue weighted by atomic mass is 10.2. The molecule has 2 nitrogen and oxygen atoms in total. The fourth-order valence-electron chi connectivity index (χ4n) is 1.56. The van der Waals surface area contributed by atoms with Crippen LogP contribution < -0.4 is 0 Å². The average Bonchev–Trinajstić information content (AvgIpc) is 2.73. The molecule has 1 heterocycles. The predicted octanol–water partition coefficient (Wildman–Crippen LogP) is 3.77. The average molecular weight is 279 g/mol. The Hall–Kier alpha value is -1.56. The number of nitrogens with zero attached hydrogens (tertiary/aromatic N) is 2. The van der Waals surface area contributed by atoms with Gasteiger partial charge in [-0.1, -0.05) is 0 Å². The predicted molar refractivity (Wildman–Crippen MR) is 58.1 cm³/mol. The van der Waals surface area contributed by atoms with Gasteiger partial charge in [0, 0.05) is 5.56 Å². The lowest BCUT2D eigenvalue weighted by molar-refractivity contribution is -0.143. The summed E-state index contributed by atoms with van der Waals surface area (Å²) in [6.07, 6.45) is -3.52. The number of rotatable bonds is 2. The highest BCUT2D eigenvalue weighted by molar-refractivity contribution is 6.17. The fraction of sp³-hybridized carbons (Fsp3) is 0.182. The summed E-state index contributed by atoms with van der Waals surface area (Å²) in [7, 11) is 0. The van der Waals surface area contributed by atoms with Gasteiger partial charge >= 0.3 is 6.18 Å². The molecular formula is C11H7ClF4N2. The highest BCUT2D eigenvalue weighted by Crippen LogP contribution is 2.34. The molecule has 18 heavy (non-hydrogen) atoms. The zero-order valence-corrected chi connectivity index (χ0v) is 9.63. The van der Waals surface area contributed by atoms with Gasteiger partial charge in [-0.25, -0.2) is 9.07 Å². The van der Waals surface area contributed by atoms with Crippen LogP contribution in [0, 0.1) is 5.82 Å². The van der Waals surface area contributed by atoms with E-state index >= 15 is 0 Å². The van der Waals surface area contributed by atoms with Crippen molar-refractivity contribution in [2.24, 2.45) is 0 Å². The molecule has 2 rings (SSSR count). The van der Waals surface area contributed by atoms with Crippen molar-refractivity contribution >= 4 is 11.6 Å². The van der Waals surface area contributed by atoms with Crippen LogP contribution >= 0.6 is 11.6 Å². The summed E-state index contributed by atoms with van der Waals surface area (Å²) in [5.74, 6) is -0.826. The van der Waals surface area contributed by atoms with E-state index in [9.17, 15) is 17.6 Å². The van der Waals surface area contributed by atoms with Gasteiger partial charge in [0.1, 0.15) is 5.82 Å². The Labute approximate surface area is 105 Å². The molecule has 0 spiro atoms. The molecule has 0 atom stereocenters. The second-order valence-corrected chi connectivity index (χ2v) is 3.81. The molecule has 1 aromatic carbocycles. The number of hydrogen-bond donors (Lipinski definition) is 0. The van der Waals surface area contributed by atoms with Crippen molar-refractivity contribution in [1.29, 1.82) is 0 Å². The Kier molecular flexibility index (Phi) is 3.30. The first kappa shape index (κ1) is 12.9. The lowest BCUT2D eigenvalue weighted by Gasteiger charge is -2.11. The summed E-state index contributed by atoms with van der Waals surface area (Å²) in [5.41, 5.74) is -0.933. The van der Waals surface area contributed by atoms with Crippen molar-refractivity contribution in [3.8, 4) is 5.69 Å². The maximum absolute atomic E-state index is 12.9. The van der Waals surface area contributed by atoms with Crippen molar-refractivity contribution in [3.63, 3.8) is 0 Å². The monoisotopic (exact) mass is 278 g/mol. The Morgan fingerprint density at radius 2 is 1.78 bits per heavy atom. The molecule has 2 aromatic rings. The van der Waals surface area contributed by atoms with E-state index in [0.717, 1.165) is 18.3 Å². The van der Waals surface area contributed by atoms with Gasteiger partial charge in [0.2, 0.25) is 0 Å². The number of hydrogen-bond acceptors (Lipinski definition) is 1. The largest absolute Gasteiger partial charge is 0.433 e. The molecule has 0 unspecified atom stereocenters. The Morgan fingerprint density at radius 3 is 2.28 bits per heavy atom. The van der Waals surface area contributed by atoms with Crippen molar-refractivity contribution in [2.45, 2.75) is 12.1 Å². The Balaban J connectivity index is 2.58. The molecule has 0 aliphatic carbocycles. The third kappa shape index (κ3) is 2.33. The zero-order chi connectivity index (χ0) is 13.3. The molecule has 0 saturated heterocycles. The number of halogens is 5. The van der Waals surface area contributed by atoms with Crippen molar-refractivity contribution in [1.82, 2.24) is 9.78 Å². The minimum Gasteiger partial charge on any atom is -0.228 e. The van der Waals surface area contributed by atoms with Gasteiger partial charge in [0.15, 0.2) is 5.69 Å². The van der Waals surface area contributed by atoms with E-state index in [2.05, 4.69) is 5.10 Å². The van der Waals surface area contributed by atoms with Crippen LogP contribution in [0.15, 0.2) is 30.5 Å². The first-order chi connectivity index (χ1) is 8.43. The number of alkyl halides is 4. The molecule has 0 aliphatic heterocycles. The van der Waals surface area contributed by atoms with Gasteiger partial charge in [0.25, 0.3) is 0 Å². The summed E-state index contributed by atoms with van der Waals surface area (Å²) < 4.78 is 52.1. The smallest absolute Gasteiger partial charge is 0.228 e. The van der Waals surface area contributed by atoms with E-state index < -0.39 is 17.7 Å². The van der Waals surface area contributed by atoms with Crippen molar-refractivity contribution in [2.75, 3.05) is 0 Å². The second kappa shape index (κ2) is 4.61. The van der Waals surface area contributed by atoms with Crippen LogP contribution in [-0.4, -0.2) is 9.78 Å². The quantitative estimate of drug-likeness (QED) is 0.604. The first-order valence-electron chi connectivity index (χ1n) is 4.89. The SMILES string of the molecule is Fc1ccc(-n2ncc(CCl)c2C(F)(F)F)cc1. The topological polar surface area (TPSA) is 17.8 Å². The van der Waals surface area contributed by atoms with E-state index in [1.54, 1.807) is 0 Å². The molecule has 7 heteroatoms. The lowest BCUT2D eigenvalue weighted by Crippen LogP contribution is -2.15. The minimum atomic E-state index is -4.57. The molecule has 0 aliphatic rings. The van der Waals surface area contributed by atoms with Gasteiger partial charge in [-0.15, -0.1) is 11.6 Å².